The van der Waals surface area contributed by atoms with Crippen molar-refractivity contribution >= 4 is 40.8 Å². The summed E-state index contributed by atoms with van der Waals surface area (Å²) in [6, 6.07) is 6.18. The maximum absolute atomic E-state index is 11.5. The molecule has 0 atom stereocenters. The number of benzene rings is 1. The molecule has 1 aromatic carbocycles. The van der Waals surface area contributed by atoms with Crippen molar-refractivity contribution in [2.45, 2.75) is 6.61 Å². The number of aromatic amines is 1. The molecule has 0 amide bonds. The molecule has 0 aliphatic heterocycles. The molecule has 1 aromatic heterocycles. The fraction of sp³-hybridized carbons (Fsp3) is 0.154. The van der Waals surface area contributed by atoms with Crippen LogP contribution in [0.1, 0.15) is 5.69 Å². The van der Waals surface area contributed by atoms with Gasteiger partial charge in [0.15, 0.2) is 0 Å². The Morgan fingerprint density at radius 2 is 2.05 bits per heavy atom. The van der Waals surface area contributed by atoms with Crippen LogP contribution in [-0.2, 0) is 11.3 Å². The number of halogens is 2. The van der Waals surface area contributed by atoms with E-state index in [-0.39, 0.29) is 24.1 Å². The van der Waals surface area contributed by atoms with Gasteiger partial charge in [0.1, 0.15) is 0 Å². The van der Waals surface area contributed by atoms with Gasteiger partial charge in [0.25, 0.3) is 5.56 Å². The fourth-order valence-corrected chi connectivity index (χ4v) is 2.21. The van der Waals surface area contributed by atoms with E-state index in [0.717, 1.165) is 0 Å². The van der Waals surface area contributed by atoms with Crippen molar-refractivity contribution in [2.24, 2.45) is 10.7 Å². The van der Waals surface area contributed by atoms with Crippen molar-refractivity contribution in [2.75, 3.05) is 12.4 Å². The van der Waals surface area contributed by atoms with E-state index in [2.05, 4.69) is 20.3 Å². The number of methoxy groups -OCH3 is 1. The smallest absolute Gasteiger partial charge is 0.252 e. The molecule has 7 nitrogen and oxygen atoms in total. The first-order valence-electron chi connectivity index (χ1n) is 6.13. The van der Waals surface area contributed by atoms with Crippen molar-refractivity contribution in [1.29, 1.82) is 0 Å². The topological polar surface area (TPSA) is 105 Å². The predicted molar refractivity (Wildman–Crippen MR) is 86.9 cm³/mol. The summed E-state index contributed by atoms with van der Waals surface area (Å²) in [5.41, 5.74) is 6.44. The molecule has 0 aliphatic rings. The number of ether oxygens (including phenoxy) is 1. The molecule has 0 spiro atoms. The Morgan fingerprint density at radius 3 is 2.68 bits per heavy atom. The Labute approximate surface area is 136 Å². The summed E-state index contributed by atoms with van der Waals surface area (Å²) >= 11 is 11.8. The van der Waals surface area contributed by atoms with Crippen LogP contribution in [0.25, 0.3) is 0 Å². The first-order valence-corrected chi connectivity index (χ1v) is 6.88. The summed E-state index contributed by atoms with van der Waals surface area (Å²) in [6.07, 6.45) is 0. The number of guanidine groups is 1. The number of hydrogen-bond acceptors (Lipinski definition) is 4. The van der Waals surface area contributed by atoms with Gasteiger partial charge in [-0.3, -0.25) is 9.78 Å². The van der Waals surface area contributed by atoms with Gasteiger partial charge in [0.2, 0.25) is 11.9 Å². The molecule has 0 aliphatic carbocycles. The number of aromatic nitrogens is 2. The zero-order valence-corrected chi connectivity index (χ0v) is 13.1. The van der Waals surface area contributed by atoms with Crippen LogP contribution in [0, 0.1) is 0 Å². The molecule has 4 N–H and O–H groups in total. The van der Waals surface area contributed by atoms with Crippen LogP contribution < -0.4 is 16.6 Å². The summed E-state index contributed by atoms with van der Waals surface area (Å²) in [7, 11) is 1.50. The number of hydrogen-bond donors (Lipinski definition) is 3. The van der Waals surface area contributed by atoms with Gasteiger partial charge in [0, 0.05) is 28.9 Å². The second kappa shape index (κ2) is 7.26. The van der Waals surface area contributed by atoms with E-state index in [1.165, 1.54) is 13.2 Å². The molecule has 22 heavy (non-hydrogen) atoms. The van der Waals surface area contributed by atoms with Gasteiger partial charge in [-0.15, -0.1) is 0 Å². The third kappa shape index (κ3) is 4.73. The highest BCUT2D eigenvalue weighted by atomic mass is 35.5. The molecule has 0 bridgehead atoms. The lowest BCUT2D eigenvalue weighted by Crippen LogP contribution is -2.22. The lowest BCUT2D eigenvalue weighted by molar-refractivity contribution is 0.181. The van der Waals surface area contributed by atoms with E-state index in [0.29, 0.717) is 21.4 Å². The van der Waals surface area contributed by atoms with Gasteiger partial charge in [-0.2, -0.15) is 4.99 Å². The molecule has 2 rings (SSSR count). The molecule has 2 aromatic rings. The third-order valence-corrected chi connectivity index (χ3v) is 2.87. The molecular formula is C13H13Cl2N5O2. The van der Waals surface area contributed by atoms with E-state index in [9.17, 15) is 4.79 Å². The molecule has 0 fully saturated rings. The first kappa shape index (κ1) is 16.3. The lowest BCUT2D eigenvalue weighted by atomic mass is 10.3. The van der Waals surface area contributed by atoms with Crippen molar-refractivity contribution in [1.82, 2.24) is 9.97 Å². The normalized spacial score (nSPS) is 11.5. The summed E-state index contributed by atoms with van der Waals surface area (Å²) in [4.78, 5) is 22.1. The molecule has 9 heteroatoms. The monoisotopic (exact) mass is 341 g/mol. The number of nitrogens with one attached hydrogen (secondary N) is 2. The molecule has 0 radical (unpaired) electrons. The molecule has 1 heterocycles. The SMILES string of the molecule is COCc1cc(=O)[nH]c(/N=C(\N)Nc2cc(Cl)cc(Cl)c2)n1. The Hall–Kier alpha value is -2.09. The quantitative estimate of drug-likeness (QED) is 0.584. The second-order valence-electron chi connectivity index (χ2n) is 4.27. The predicted octanol–water partition coefficient (Wildman–Crippen LogP) is 2.28. The number of nitrogens with two attached hydrogens (primary N) is 1. The molecule has 0 saturated carbocycles. The van der Waals surface area contributed by atoms with Gasteiger partial charge in [-0.05, 0) is 18.2 Å². The van der Waals surface area contributed by atoms with Crippen LogP contribution >= 0.6 is 23.2 Å². The van der Waals surface area contributed by atoms with Crippen molar-refractivity contribution in [3.8, 4) is 0 Å². The van der Waals surface area contributed by atoms with Crippen molar-refractivity contribution < 1.29 is 4.74 Å². The van der Waals surface area contributed by atoms with Crippen molar-refractivity contribution in [3.63, 3.8) is 0 Å². The molecule has 0 unspecified atom stereocenters. The fourth-order valence-electron chi connectivity index (χ4n) is 1.68. The second-order valence-corrected chi connectivity index (χ2v) is 5.15. The first-order chi connectivity index (χ1) is 10.5. The summed E-state index contributed by atoms with van der Waals surface area (Å²) in [5.74, 6) is 0.0914. The standard InChI is InChI=1S/C13H13Cl2N5O2/c1-22-6-10-5-11(21)19-13(18-10)20-12(16)17-9-3-7(14)2-8(15)4-9/h2-5H,6H2,1H3,(H4,16,17,18,19,20,21). The highest BCUT2D eigenvalue weighted by Crippen LogP contribution is 2.22. The maximum Gasteiger partial charge on any atom is 0.252 e. The molecular weight excluding hydrogens is 329 g/mol. The zero-order chi connectivity index (χ0) is 16.1. The summed E-state index contributed by atoms with van der Waals surface area (Å²) < 4.78 is 4.92. The average molecular weight is 342 g/mol. The van der Waals surface area contributed by atoms with E-state index < -0.39 is 0 Å². The van der Waals surface area contributed by atoms with Crippen LogP contribution in [-0.4, -0.2) is 23.0 Å². The van der Waals surface area contributed by atoms with E-state index in [1.54, 1.807) is 18.2 Å². The number of anilines is 1. The Balaban J connectivity index is 2.23. The van der Waals surface area contributed by atoms with Gasteiger partial charge in [0.05, 0.1) is 12.3 Å². The number of nitrogens with zero attached hydrogens (tertiary/aromatic N) is 2. The third-order valence-electron chi connectivity index (χ3n) is 2.44. The lowest BCUT2D eigenvalue weighted by Gasteiger charge is -2.06. The van der Waals surface area contributed by atoms with Gasteiger partial charge in [-0.25, -0.2) is 4.98 Å². The van der Waals surface area contributed by atoms with Gasteiger partial charge < -0.3 is 15.8 Å². The van der Waals surface area contributed by atoms with E-state index in [4.69, 9.17) is 33.7 Å². The summed E-state index contributed by atoms with van der Waals surface area (Å²) in [5, 5.41) is 3.72. The maximum atomic E-state index is 11.5. The van der Waals surface area contributed by atoms with Gasteiger partial charge >= 0.3 is 0 Å². The van der Waals surface area contributed by atoms with E-state index in [1.807, 2.05) is 0 Å². The Bertz CT molecular complexity index is 740. The van der Waals surface area contributed by atoms with Crippen LogP contribution in [0.4, 0.5) is 11.6 Å². The average Bonchev–Trinajstić information content (AvgIpc) is 2.36. The number of rotatable bonds is 4. The Kier molecular flexibility index (Phi) is 5.37. The Morgan fingerprint density at radius 1 is 1.36 bits per heavy atom. The minimum atomic E-state index is -0.348. The minimum absolute atomic E-state index is 0.0241. The number of H-pyrrole nitrogens is 1. The highest BCUT2D eigenvalue weighted by Gasteiger charge is 2.03. The molecule has 0 saturated heterocycles. The highest BCUT2D eigenvalue weighted by molar-refractivity contribution is 6.35. The largest absolute Gasteiger partial charge is 0.378 e. The van der Waals surface area contributed by atoms with Crippen LogP contribution in [0.15, 0.2) is 34.1 Å². The van der Waals surface area contributed by atoms with Crippen LogP contribution in [0.5, 0.6) is 0 Å². The summed E-state index contributed by atoms with van der Waals surface area (Å²) in [6.45, 7) is 0.198. The van der Waals surface area contributed by atoms with Crippen LogP contribution in [0.3, 0.4) is 0 Å². The van der Waals surface area contributed by atoms with E-state index >= 15 is 0 Å². The van der Waals surface area contributed by atoms with Crippen molar-refractivity contribution in [3.05, 3.63) is 50.4 Å². The number of aliphatic imine (C=N–C) groups is 1. The minimum Gasteiger partial charge on any atom is -0.378 e. The molecule has 116 valence electrons. The van der Waals surface area contributed by atoms with Gasteiger partial charge in [-0.1, -0.05) is 23.2 Å². The zero-order valence-electron chi connectivity index (χ0n) is 11.6. The van der Waals surface area contributed by atoms with Crippen LogP contribution in [0.2, 0.25) is 10.0 Å².